The van der Waals surface area contributed by atoms with Gasteiger partial charge in [-0.05, 0) is 124 Å². The van der Waals surface area contributed by atoms with Crippen LogP contribution in [0.25, 0.3) is 22.3 Å². The van der Waals surface area contributed by atoms with Gasteiger partial charge in [0.2, 0.25) is 35.6 Å². The molecule has 5 amide bonds. The third kappa shape index (κ3) is 15.2. The Morgan fingerprint density at radius 1 is 0.890 bits per heavy atom. The number of nitrogens with one attached hydrogen (secondary N) is 4. The van der Waals surface area contributed by atoms with Crippen molar-refractivity contribution in [1.82, 2.24) is 35.9 Å². The average Bonchev–Trinajstić information content (AvgIpc) is 3.77. The number of Topliss-reactive ketones (excluding diaryl/α,β-unsaturated/α-hetero) is 1. The van der Waals surface area contributed by atoms with Gasteiger partial charge in [-0.2, -0.15) is 10.6 Å². The van der Waals surface area contributed by atoms with Gasteiger partial charge in [-0.1, -0.05) is 48.0 Å². The second kappa shape index (κ2) is 27.6. The molecule has 5 aromatic rings. The van der Waals surface area contributed by atoms with Crippen LogP contribution < -0.4 is 53.4 Å². The zero-order chi connectivity index (χ0) is 53.2. The second-order valence-electron chi connectivity index (χ2n) is 17.5. The van der Waals surface area contributed by atoms with Crippen LogP contribution in [0.5, 0.6) is 11.5 Å². The Morgan fingerprint density at radius 3 is 2.11 bits per heavy atom. The number of aromatic nitrogens is 2. The molecule has 0 saturated heterocycles. The number of ether oxygens (including phenoxy) is 2. The first-order valence-corrected chi connectivity index (χ1v) is 24.3. The van der Waals surface area contributed by atoms with Crippen molar-refractivity contribution in [2.75, 3.05) is 39.9 Å². The molecule has 0 radical (unpaired) electrons. The van der Waals surface area contributed by atoms with Crippen LogP contribution in [0.1, 0.15) is 78.0 Å². The SMILES string of the molecule is CC(NC=O)C(=O)c1c([NH2+]O)cnn1C.CC1Cc2ccc(OCCN)c(c2)-c2cc(ccc2OCCN)C(N(C)C(=O)[C@H](CCCCN)NC(=O)c2ccc(-c3ccc(Cl)cc3)cc2)C(=O)N[C@@H](C)C(=O)N1. The standard InChI is InChI=1S/C44H54ClN7O6.C8H12N4O3/c1-27-24-29-7-17-38(57-22-20-47)35(25-29)36-26-33(14-18-39(36)58-23-21-48)40(43(55)50-28(2)41(53)49-27)52(3)44(56)37(6-4-5-19-46)51-42(54)32-10-8-30(9-11-32)31-12-15-34(45)16-13-31;1-5(9-4-13)8(14)7-6(11-15)3-10-12(7)2/h7-18,25-28,37,40H,4-6,19-24,46-48H2,1-3H3,(H,49,53)(H,50,55)(H,51,54);3-5,11,15H,1-2H3,(H,9,13)/p+1/t27?,28-,37-,40?;/m0./s1. The van der Waals surface area contributed by atoms with Gasteiger partial charge in [0.05, 0.1) is 6.04 Å². The fraction of sp³-hybridized carbons (Fsp3) is 0.365. The molecule has 1 aliphatic heterocycles. The molecule has 2 heterocycles. The zero-order valence-corrected chi connectivity index (χ0v) is 42.5. The van der Waals surface area contributed by atoms with Crippen molar-refractivity contribution in [1.29, 1.82) is 0 Å². The summed E-state index contributed by atoms with van der Waals surface area (Å²) < 4.78 is 13.6. The summed E-state index contributed by atoms with van der Waals surface area (Å²) in [7, 11) is 3.11. The number of aryl methyl sites for hydroxylation is 1. The van der Waals surface area contributed by atoms with Crippen molar-refractivity contribution in [2.24, 2.45) is 24.2 Å². The highest BCUT2D eigenvalue weighted by Crippen LogP contribution is 2.40. The number of nitrogens with zero attached hydrogens (tertiary/aromatic N) is 3. The fourth-order valence-electron chi connectivity index (χ4n) is 8.17. The number of carbonyl (C=O) groups excluding carboxylic acids is 6. The molecule has 3 unspecified atom stereocenters. The fourth-order valence-corrected chi connectivity index (χ4v) is 8.29. The number of rotatable bonds is 20. The van der Waals surface area contributed by atoms with E-state index in [1.54, 1.807) is 63.4 Å². The maximum absolute atomic E-state index is 14.6. The molecule has 0 aliphatic carbocycles. The summed E-state index contributed by atoms with van der Waals surface area (Å²) in [6.45, 7) is 6.46. The Balaban J connectivity index is 0.000000564. The largest absolute Gasteiger partial charge is 0.492 e. The van der Waals surface area contributed by atoms with Crippen LogP contribution in [0.3, 0.4) is 0 Å². The smallest absolute Gasteiger partial charge is 0.251 e. The number of hydrogen-bond donors (Lipinski definition) is 9. The van der Waals surface area contributed by atoms with Crippen molar-refractivity contribution >= 4 is 53.1 Å². The predicted molar refractivity (Wildman–Crippen MR) is 276 cm³/mol. The molecular weight excluding hydrogens is 958 g/mol. The van der Waals surface area contributed by atoms with E-state index < -0.39 is 41.9 Å². The van der Waals surface area contributed by atoms with Crippen molar-refractivity contribution < 1.29 is 48.9 Å². The molecule has 390 valence electrons. The van der Waals surface area contributed by atoms with Crippen LogP contribution in [0, 0.1) is 0 Å². The third-order valence-corrected chi connectivity index (χ3v) is 12.2. The molecule has 0 spiro atoms. The number of carbonyl (C=O) groups is 6. The minimum atomic E-state index is -1.24. The number of unbranched alkanes of at least 4 members (excludes halogenated alkanes) is 1. The van der Waals surface area contributed by atoms with Gasteiger partial charge in [-0.25, -0.2) is 5.21 Å². The molecule has 13 N–H and O–H groups in total. The highest BCUT2D eigenvalue weighted by molar-refractivity contribution is 6.30. The average molecular weight is 1030 g/mol. The van der Waals surface area contributed by atoms with Crippen molar-refractivity contribution in [3.63, 3.8) is 0 Å². The zero-order valence-electron chi connectivity index (χ0n) is 41.7. The lowest BCUT2D eigenvalue weighted by Crippen LogP contribution is -2.74. The molecule has 1 aromatic heterocycles. The lowest BCUT2D eigenvalue weighted by molar-refractivity contribution is -0.825. The number of quaternary nitrogens is 1. The molecule has 21 heteroatoms. The Bertz CT molecular complexity index is 2680. The number of nitrogens with two attached hydrogens (primary N) is 4. The summed E-state index contributed by atoms with van der Waals surface area (Å²) in [4.78, 5) is 79.4. The number of hydrogen-bond acceptors (Lipinski definition) is 13. The number of likely N-dealkylation sites (N-methyl/N-ethyl adjacent to an activating group) is 1. The first-order valence-electron chi connectivity index (χ1n) is 24.0. The number of amides is 5. The molecule has 0 fully saturated rings. The van der Waals surface area contributed by atoms with E-state index in [1.807, 2.05) is 49.4 Å². The summed E-state index contributed by atoms with van der Waals surface area (Å²) in [6.07, 6.45) is 3.77. The molecule has 20 nitrogen and oxygen atoms in total. The molecule has 73 heavy (non-hydrogen) atoms. The Kier molecular flexibility index (Phi) is 21.4. The summed E-state index contributed by atoms with van der Waals surface area (Å²) in [5.74, 6) is -1.21. The van der Waals surface area contributed by atoms with Gasteiger partial charge in [0.25, 0.3) is 5.91 Å². The number of ketones is 1. The van der Waals surface area contributed by atoms with Gasteiger partial charge in [-0.15, -0.1) is 0 Å². The summed E-state index contributed by atoms with van der Waals surface area (Å²) in [6, 6.07) is 21.3. The van der Waals surface area contributed by atoms with Crippen LogP contribution >= 0.6 is 11.6 Å². The Morgan fingerprint density at radius 2 is 1.51 bits per heavy atom. The number of halogens is 1. The van der Waals surface area contributed by atoms with Gasteiger partial charge in [0.1, 0.15) is 49.0 Å². The van der Waals surface area contributed by atoms with Crippen LogP contribution in [-0.4, -0.2) is 120 Å². The van der Waals surface area contributed by atoms with Crippen LogP contribution in [0.15, 0.2) is 91.1 Å². The van der Waals surface area contributed by atoms with Crippen LogP contribution in [0.4, 0.5) is 5.69 Å². The van der Waals surface area contributed by atoms with E-state index in [1.165, 1.54) is 22.8 Å². The van der Waals surface area contributed by atoms with Gasteiger partial charge in [0.15, 0.2) is 5.69 Å². The third-order valence-electron chi connectivity index (χ3n) is 12.0. The monoisotopic (exact) mass is 1020 g/mol. The molecule has 5 atom stereocenters. The normalized spacial score (nSPS) is 16.2. The number of benzene rings is 4. The van der Waals surface area contributed by atoms with Gasteiger partial charge in [0, 0.05) is 54.9 Å². The van der Waals surface area contributed by atoms with E-state index in [9.17, 15) is 28.8 Å². The van der Waals surface area contributed by atoms with E-state index in [0.717, 1.165) is 22.2 Å². The lowest BCUT2D eigenvalue weighted by atomic mass is 9.93. The van der Waals surface area contributed by atoms with E-state index in [2.05, 4.69) is 26.4 Å². The summed E-state index contributed by atoms with van der Waals surface area (Å²) in [5, 5.41) is 24.4. The molecular formula is C52H67ClN11O9+. The summed E-state index contributed by atoms with van der Waals surface area (Å²) >= 11 is 6.06. The second-order valence-corrected chi connectivity index (χ2v) is 18.0. The van der Waals surface area contributed by atoms with E-state index in [0.29, 0.717) is 76.7 Å². The van der Waals surface area contributed by atoms with Crippen LogP contribution in [0.2, 0.25) is 5.02 Å². The van der Waals surface area contributed by atoms with Crippen molar-refractivity contribution in [2.45, 2.75) is 76.7 Å². The highest BCUT2D eigenvalue weighted by atomic mass is 35.5. The van der Waals surface area contributed by atoms with Gasteiger partial charge < -0.3 is 52.8 Å². The minimum absolute atomic E-state index is 0.224. The topological polar surface area (TPSA) is 305 Å². The van der Waals surface area contributed by atoms with E-state index >= 15 is 0 Å². The van der Waals surface area contributed by atoms with E-state index in [-0.39, 0.29) is 56.2 Å². The van der Waals surface area contributed by atoms with Gasteiger partial charge in [-0.3, -0.25) is 33.4 Å². The molecule has 1 aliphatic rings. The molecule has 6 rings (SSSR count). The maximum atomic E-state index is 14.6. The highest BCUT2D eigenvalue weighted by Gasteiger charge is 2.36. The molecule has 0 saturated carbocycles. The first kappa shape index (κ1) is 56.7. The maximum Gasteiger partial charge on any atom is 0.251 e. The first-order chi connectivity index (χ1) is 35.0. The Hall–Kier alpha value is -7.20. The van der Waals surface area contributed by atoms with Crippen LogP contribution in [-0.2, 0) is 32.6 Å². The molecule has 4 aromatic carbocycles. The Labute approximate surface area is 429 Å². The van der Waals surface area contributed by atoms with Gasteiger partial charge >= 0.3 is 0 Å². The number of fused-ring (bicyclic) bond motifs is 5. The van der Waals surface area contributed by atoms with E-state index in [4.69, 9.17) is 43.5 Å². The quantitative estimate of drug-likeness (QED) is 0.0235. The lowest BCUT2D eigenvalue weighted by Gasteiger charge is -2.32. The summed E-state index contributed by atoms with van der Waals surface area (Å²) in [5.41, 5.74) is 23.7. The predicted octanol–water partition coefficient (Wildman–Crippen LogP) is 2.66. The van der Waals surface area contributed by atoms with Crippen molar-refractivity contribution in [3.05, 3.63) is 119 Å². The molecule has 4 bridgehead atoms. The minimum Gasteiger partial charge on any atom is -0.492 e. The van der Waals surface area contributed by atoms with Crippen molar-refractivity contribution in [3.8, 4) is 33.8 Å².